The van der Waals surface area contributed by atoms with Crippen LogP contribution in [0.2, 0.25) is 0 Å². The van der Waals surface area contributed by atoms with Gasteiger partial charge in [-0.25, -0.2) is 4.79 Å². The maximum atomic E-state index is 11.9. The zero-order valence-corrected chi connectivity index (χ0v) is 12.1. The summed E-state index contributed by atoms with van der Waals surface area (Å²) in [5.41, 5.74) is 1.59. The van der Waals surface area contributed by atoms with E-state index in [0.717, 1.165) is 5.56 Å². The van der Waals surface area contributed by atoms with Crippen molar-refractivity contribution in [1.82, 2.24) is 5.32 Å². The summed E-state index contributed by atoms with van der Waals surface area (Å²) in [5.74, 6) is -1.81. The van der Waals surface area contributed by atoms with Crippen molar-refractivity contribution < 1.29 is 24.2 Å². The number of amides is 1. The van der Waals surface area contributed by atoms with Crippen molar-refractivity contribution in [3.8, 4) is 0 Å². The Hall–Kier alpha value is -2.21. The van der Waals surface area contributed by atoms with Crippen molar-refractivity contribution >= 4 is 17.7 Å². The average Bonchev–Trinajstić information content (AvgIpc) is 2.45. The number of aryl methyl sites for hydroxylation is 1. The van der Waals surface area contributed by atoms with Gasteiger partial charge in [0.15, 0.2) is 11.8 Å². The van der Waals surface area contributed by atoms with Crippen molar-refractivity contribution in [2.45, 2.75) is 25.8 Å². The van der Waals surface area contributed by atoms with Gasteiger partial charge in [0.05, 0.1) is 6.61 Å². The first-order valence-corrected chi connectivity index (χ1v) is 6.55. The third-order valence-electron chi connectivity index (χ3n) is 2.92. The highest BCUT2D eigenvalue weighted by Gasteiger charge is 2.20. The summed E-state index contributed by atoms with van der Waals surface area (Å²) in [7, 11) is 1.35. The number of ketones is 1. The second kappa shape index (κ2) is 8.16. The molecule has 1 aromatic rings. The number of hydrogen-bond acceptors (Lipinski definition) is 4. The fourth-order valence-electron chi connectivity index (χ4n) is 1.72. The van der Waals surface area contributed by atoms with Crippen LogP contribution in [-0.4, -0.2) is 42.5 Å². The molecular weight excluding hydrogens is 274 g/mol. The van der Waals surface area contributed by atoms with Gasteiger partial charge in [0.25, 0.3) is 0 Å². The Morgan fingerprint density at radius 1 is 1.19 bits per heavy atom. The minimum Gasteiger partial charge on any atom is -0.480 e. The fraction of sp³-hybridized carbons (Fsp3) is 0.400. The SMILES string of the molecule is COCC(NC(=O)CCC(=O)c1ccc(C)cc1)C(=O)O. The van der Waals surface area contributed by atoms with Crippen LogP contribution in [0.15, 0.2) is 24.3 Å². The topological polar surface area (TPSA) is 92.7 Å². The van der Waals surface area contributed by atoms with Crippen molar-refractivity contribution in [2.24, 2.45) is 0 Å². The Bertz CT molecular complexity index is 509. The van der Waals surface area contributed by atoms with E-state index in [2.05, 4.69) is 5.32 Å². The molecule has 0 bridgehead atoms. The lowest BCUT2D eigenvalue weighted by Crippen LogP contribution is -2.43. The van der Waals surface area contributed by atoms with Crippen molar-refractivity contribution in [2.75, 3.05) is 13.7 Å². The molecule has 0 saturated heterocycles. The first-order chi connectivity index (χ1) is 9.93. The Morgan fingerprint density at radius 3 is 2.33 bits per heavy atom. The van der Waals surface area contributed by atoms with Crippen molar-refractivity contribution in [3.05, 3.63) is 35.4 Å². The molecule has 0 aliphatic rings. The third-order valence-corrected chi connectivity index (χ3v) is 2.92. The Labute approximate surface area is 123 Å². The van der Waals surface area contributed by atoms with E-state index < -0.39 is 17.9 Å². The lowest BCUT2D eigenvalue weighted by atomic mass is 10.0. The lowest BCUT2D eigenvalue weighted by Gasteiger charge is -2.13. The Kier molecular flexibility index (Phi) is 6.55. The molecule has 6 heteroatoms. The van der Waals surface area contributed by atoms with Gasteiger partial charge in [-0.05, 0) is 6.92 Å². The average molecular weight is 293 g/mol. The molecule has 114 valence electrons. The first-order valence-electron chi connectivity index (χ1n) is 6.55. The summed E-state index contributed by atoms with van der Waals surface area (Å²) >= 11 is 0. The van der Waals surface area contributed by atoms with Crippen molar-refractivity contribution in [3.63, 3.8) is 0 Å². The minimum atomic E-state index is -1.17. The van der Waals surface area contributed by atoms with Crippen LogP contribution in [-0.2, 0) is 14.3 Å². The molecule has 0 aliphatic carbocycles. The molecule has 1 unspecified atom stereocenters. The van der Waals surface area contributed by atoms with E-state index in [-0.39, 0.29) is 25.2 Å². The van der Waals surface area contributed by atoms with Gasteiger partial charge in [0.2, 0.25) is 5.91 Å². The fourth-order valence-corrected chi connectivity index (χ4v) is 1.72. The van der Waals surface area contributed by atoms with Gasteiger partial charge in [0, 0.05) is 25.5 Å². The highest BCUT2D eigenvalue weighted by Crippen LogP contribution is 2.07. The van der Waals surface area contributed by atoms with E-state index in [9.17, 15) is 14.4 Å². The molecular formula is C15H19NO5. The number of carboxylic acid groups (broad SMARTS) is 1. The zero-order valence-electron chi connectivity index (χ0n) is 12.1. The van der Waals surface area contributed by atoms with E-state index >= 15 is 0 Å². The molecule has 1 amide bonds. The largest absolute Gasteiger partial charge is 0.480 e. The van der Waals surface area contributed by atoms with Crippen LogP contribution in [0.1, 0.15) is 28.8 Å². The predicted molar refractivity (Wildman–Crippen MR) is 76.2 cm³/mol. The standard InChI is InChI=1S/C15H19NO5/c1-10-3-5-11(6-4-10)13(17)7-8-14(18)16-12(9-21-2)15(19)20/h3-6,12H,7-9H2,1-2H3,(H,16,18)(H,19,20). The van der Waals surface area contributed by atoms with E-state index in [1.54, 1.807) is 12.1 Å². The Morgan fingerprint density at radius 2 is 1.81 bits per heavy atom. The first kappa shape index (κ1) is 16.8. The van der Waals surface area contributed by atoms with Gasteiger partial charge >= 0.3 is 5.97 Å². The number of nitrogens with one attached hydrogen (secondary N) is 1. The van der Waals surface area contributed by atoms with Gasteiger partial charge in [0.1, 0.15) is 0 Å². The number of carboxylic acids is 1. The van der Waals surface area contributed by atoms with E-state index in [4.69, 9.17) is 9.84 Å². The van der Waals surface area contributed by atoms with Crippen LogP contribution < -0.4 is 5.32 Å². The molecule has 2 N–H and O–H groups in total. The maximum Gasteiger partial charge on any atom is 0.328 e. The summed E-state index contributed by atoms with van der Waals surface area (Å²) in [6.45, 7) is 1.80. The number of aliphatic carboxylic acids is 1. The smallest absolute Gasteiger partial charge is 0.328 e. The molecule has 1 aromatic carbocycles. The highest BCUT2D eigenvalue weighted by molar-refractivity contribution is 5.98. The number of benzene rings is 1. The number of hydrogen-bond donors (Lipinski definition) is 2. The number of Topliss-reactive ketones (excluding diaryl/α,β-unsaturated/α-hetero) is 1. The second-order valence-corrected chi connectivity index (χ2v) is 4.70. The number of rotatable bonds is 8. The molecule has 0 aromatic heterocycles. The predicted octanol–water partition coefficient (Wildman–Crippen LogP) is 1.17. The molecule has 0 aliphatic heterocycles. The molecule has 0 radical (unpaired) electrons. The van der Waals surface area contributed by atoms with Crippen LogP contribution >= 0.6 is 0 Å². The van der Waals surface area contributed by atoms with E-state index in [1.807, 2.05) is 19.1 Å². The summed E-state index contributed by atoms with van der Waals surface area (Å²) in [6, 6.07) is 5.97. The maximum absolute atomic E-state index is 11.9. The molecule has 1 atom stereocenters. The summed E-state index contributed by atoms with van der Waals surface area (Å²) in [5, 5.41) is 11.2. The van der Waals surface area contributed by atoms with Crippen LogP contribution in [0.5, 0.6) is 0 Å². The molecule has 6 nitrogen and oxygen atoms in total. The number of carbonyl (C=O) groups excluding carboxylic acids is 2. The number of carbonyl (C=O) groups is 3. The molecule has 0 fully saturated rings. The number of ether oxygens (including phenoxy) is 1. The number of methoxy groups -OCH3 is 1. The quantitative estimate of drug-likeness (QED) is 0.702. The lowest BCUT2D eigenvalue weighted by molar-refractivity contribution is -0.143. The van der Waals surface area contributed by atoms with Crippen LogP contribution in [0.4, 0.5) is 0 Å². The highest BCUT2D eigenvalue weighted by atomic mass is 16.5. The molecule has 21 heavy (non-hydrogen) atoms. The van der Waals surface area contributed by atoms with Crippen LogP contribution in [0.25, 0.3) is 0 Å². The summed E-state index contributed by atoms with van der Waals surface area (Å²) in [6.07, 6.45) is -0.0194. The third kappa shape index (κ3) is 5.74. The summed E-state index contributed by atoms with van der Waals surface area (Å²) < 4.78 is 4.71. The van der Waals surface area contributed by atoms with Gasteiger partial charge in [-0.2, -0.15) is 0 Å². The van der Waals surface area contributed by atoms with E-state index in [0.29, 0.717) is 5.56 Å². The van der Waals surface area contributed by atoms with E-state index in [1.165, 1.54) is 7.11 Å². The summed E-state index contributed by atoms with van der Waals surface area (Å²) in [4.78, 5) is 34.4. The van der Waals surface area contributed by atoms with Gasteiger partial charge < -0.3 is 15.2 Å². The Balaban J connectivity index is 2.46. The molecule has 1 rings (SSSR count). The van der Waals surface area contributed by atoms with Gasteiger partial charge in [-0.3, -0.25) is 9.59 Å². The van der Waals surface area contributed by atoms with Gasteiger partial charge in [-0.15, -0.1) is 0 Å². The van der Waals surface area contributed by atoms with Crippen molar-refractivity contribution in [1.29, 1.82) is 0 Å². The van der Waals surface area contributed by atoms with Crippen LogP contribution in [0, 0.1) is 6.92 Å². The monoisotopic (exact) mass is 293 g/mol. The van der Waals surface area contributed by atoms with Gasteiger partial charge in [-0.1, -0.05) is 29.8 Å². The molecule has 0 heterocycles. The molecule has 0 saturated carbocycles. The molecule has 0 spiro atoms. The minimum absolute atomic E-state index is 0.0359. The van der Waals surface area contributed by atoms with Crippen LogP contribution in [0.3, 0.4) is 0 Å². The zero-order chi connectivity index (χ0) is 15.8. The normalized spacial score (nSPS) is 11.7. The second-order valence-electron chi connectivity index (χ2n) is 4.70.